The Morgan fingerprint density at radius 2 is 1.76 bits per heavy atom. The third kappa shape index (κ3) is 8.03. The molecule has 4 saturated carbocycles. The Morgan fingerprint density at radius 3 is 2.48 bits per heavy atom. The van der Waals surface area contributed by atoms with Crippen molar-refractivity contribution in [1.29, 1.82) is 0 Å². The zero-order valence-electron chi connectivity index (χ0n) is 33.6. The summed E-state index contributed by atoms with van der Waals surface area (Å²) < 4.78 is 47.7. The molecule has 7 atom stereocenters. The fourth-order valence-corrected chi connectivity index (χ4v) is 11.7. The van der Waals surface area contributed by atoms with Gasteiger partial charge in [-0.05, 0) is 94.1 Å². The summed E-state index contributed by atoms with van der Waals surface area (Å²) in [7, 11) is -2.35. The first kappa shape index (κ1) is 40.5. The normalized spacial score (nSPS) is 31.4. The van der Waals surface area contributed by atoms with Crippen molar-refractivity contribution >= 4 is 44.5 Å². The minimum Gasteiger partial charge on any atom is -0.496 e. The smallest absolute Gasteiger partial charge is 0.306 e. The number of nitrogens with one attached hydrogen (secondary N) is 1. The van der Waals surface area contributed by atoms with Crippen LogP contribution in [0.1, 0.15) is 110 Å². The Kier molecular flexibility index (Phi) is 11.5. The summed E-state index contributed by atoms with van der Waals surface area (Å²) in [5.41, 5.74) is -1.18. The molecule has 1 aromatic carbocycles. The highest BCUT2D eigenvalue weighted by Crippen LogP contribution is 2.58. The first-order chi connectivity index (χ1) is 27.9. The van der Waals surface area contributed by atoms with Gasteiger partial charge in [0.15, 0.2) is 5.78 Å². The molecule has 314 valence electrons. The molecule has 0 radical (unpaired) electrons. The van der Waals surface area contributed by atoms with E-state index in [0.717, 1.165) is 57.8 Å². The van der Waals surface area contributed by atoms with Crippen LogP contribution in [-0.4, -0.2) is 83.6 Å². The predicted octanol–water partition coefficient (Wildman–Crippen LogP) is 5.00. The van der Waals surface area contributed by atoms with Gasteiger partial charge in [0.05, 0.1) is 48.2 Å². The van der Waals surface area contributed by atoms with E-state index in [1.165, 1.54) is 16.6 Å². The third-order valence-electron chi connectivity index (χ3n) is 13.9. The van der Waals surface area contributed by atoms with Crippen LogP contribution in [-0.2, 0) is 40.5 Å². The number of Topliss-reactive ketones (excluding diaryl/α,β-unsaturated/α-hetero) is 1. The maximum Gasteiger partial charge on any atom is 0.306 e. The summed E-state index contributed by atoms with van der Waals surface area (Å²) in [6, 6.07) is 4.18. The number of ketones is 1. The van der Waals surface area contributed by atoms with E-state index in [1.54, 1.807) is 18.2 Å². The second-order valence-corrected chi connectivity index (χ2v) is 19.5. The summed E-state index contributed by atoms with van der Waals surface area (Å²) in [5.74, 6) is -2.15. The topological polar surface area (TPSA) is 180 Å². The first-order valence-electron chi connectivity index (χ1n) is 21.4. The van der Waals surface area contributed by atoms with Gasteiger partial charge in [0, 0.05) is 19.4 Å². The van der Waals surface area contributed by atoms with E-state index >= 15 is 0 Å². The number of ether oxygens (including phenoxy) is 3. The molecule has 6 aliphatic rings. The molecule has 2 aliphatic heterocycles. The molecule has 15 heteroatoms. The van der Waals surface area contributed by atoms with E-state index < -0.39 is 50.6 Å². The minimum absolute atomic E-state index is 0.00741. The van der Waals surface area contributed by atoms with E-state index in [9.17, 15) is 32.4 Å². The Balaban J connectivity index is 1.16. The van der Waals surface area contributed by atoms with E-state index in [4.69, 9.17) is 19.2 Å². The number of nitrogens with zero attached hydrogens (tertiary/aromatic N) is 3. The summed E-state index contributed by atoms with van der Waals surface area (Å²) in [4.78, 5) is 77.6. The van der Waals surface area contributed by atoms with Gasteiger partial charge in [0.2, 0.25) is 21.8 Å². The lowest BCUT2D eigenvalue weighted by molar-refractivity contribution is -0.156. The van der Waals surface area contributed by atoms with Crippen LogP contribution in [0.2, 0.25) is 0 Å². The number of esters is 1. The highest BCUT2D eigenvalue weighted by Gasteiger charge is 2.62. The summed E-state index contributed by atoms with van der Waals surface area (Å²) in [6.45, 7) is 2.06. The molecular formula is C43H56N4O10S. The first-order valence-corrected chi connectivity index (χ1v) is 22.9. The molecule has 2 bridgehead atoms. The van der Waals surface area contributed by atoms with E-state index in [0.29, 0.717) is 42.3 Å². The maximum absolute atomic E-state index is 15.0. The minimum atomic E-state index is -3.85. The average Bonchev–Trinajstić information content (AvgIpc) is 3.99. The Bertz CT molecular complexity index is 2140. The monoisotopic (exact) mass is 820 g/mol. The zero-order valence-corrected chi connectivity index (χ0v) is 34.4. The van der Waals surface area contributed by atoms with Gasteiger partial charge in [-0.2, -0.15) is 4.98 Å². The van der Waals surface area contributed by atoms with Gasteiger partial charge in [-0.1, -0.05) is 44.4 Å². The number of methoxy groups -OCH3 is 1. The molecule has 1 aromatic heterocycles. The van der Waals surface area contributed by atoms with Crippen LogP contribution >= 0.6 is 0 Å². The van der Waals surface area contributed by atoms with Crippen LogP contribution in [0.3, 0.4) is 0 Å². The molecule has 8 rings (SSSR count). The van der Waals surface area contributed by atoms with E-state index in [1.807, 2.05) is 19.1 Å². The maximum atomic E-state index is 15.0. The van der Waals surface area contributed by atoms with Gasteiger partial charge >= 0.3 is 5.97 Å². The Labute approximate surface area is 339 Å². The molecule has 0 spiro atoms. The number of fused-ring (bicyclic) bond motifs is 5. The fourth-order valence-electron chi connectivity index (χ4n) is 10.3. The van der Waals surface area contributed by atoms with Crippen molar-refractivity contribution in [1.82, 2.24) is 19.2 Å². The van der Waals surface area contributed by atoms with Crippen LogP contribution in [0.15, 0.2) is 35.1 Å². The SMILES string of the molecule is CC[C@@H]1C[C@]1(CC(=O)[C@@H]1C[C@@H]2CN1C(=O)[C@H](C1CCCC1)CC(=O)O[C@@H]1CCC[C@H]1CC/C=C/Cn1c(nc3cccc(OC)c3c1=O)O2)C(=O)NS(=O)(=O)C1CC1. The van der Waals surface area contributed by atoms with Crippen LogP contribution < -0.4 is 19.8 Å². The lowest BCUT2D eigenvalue weighted by atomic mass is 9.86. The van der Waals surface area contributed by atoms with Crippen LogP contribution in [0.4, 0.5) is 0 Å². The second-order valence-electron chi connectivity index (χ2n) is 17.6. The number of amides is 2. The molecule has 3 heterocycles. The van der Waals surface area contributed by atoms with Gasteiger partial charge in [0.25, 0.3) is 11.6 Å². The van der Waals surface area contributed by atoms with Crippen molar-refractivity contribution in [2.45, 2.75) is 140 Å². The van der Waals surface area contributed by atoms with Crippen LogP contribution in [0.25, 0.3) is 10.9 Å². The zero-order chi connectivity index (χ0) is 40.8. The predicted molar refractivity (Wildman–Crippen MR) is 213 cm³/mol. The van der Waals surface area contributed by atoms with Gasteiger partial charge in [-0.25, -0.2) is 8.42 Å². The number of benzene rings is 1. The average molecular weight is 821 g/mol. The molecule has 0 unspecified atom stereocenters. The lowest BCUT2D eigenvalue weighted by Crippen LogP contribution is -2.47. The Hall–Kier alpha value is -4.27. The second kappa shape index (κ2) is 16.4. The van der Waals surface area contributed by atoms with Crippen molar-refractivity contribution < 1.29 is 41.8 Å². The fraction of sp³-hybridized carbons (Fsp3) is 0.674. The van der Waals surface area contributed by atoms with Crippen molar-refractivity contribution in [3.05, 3.63) is 40.7 Å². The quantitative estimate of drug-likeness (QED) is 0.266. The molecule has 5 fully saturated rings. The highest BCUT2D eigenvalue weighted by atomic mass is 32.2. The van der Waals surface area contributed by atoms with Crippen molar-refractivity contribution in [2.24, 2.45) is 29.1 Å². The van der Waals surface area contributed by atoms with Crippen molar-refractivity contribution in [3.63, 3.8) is 0 Å². The molecule has 2 amide bonds. The van der Waals surface area contributed by atoms with Crippen molar-refractivity contribution in [3.8, 4) is 11.8 Å². The largest absolute Gasteiger partial charge is 0.496 e. The van der Waals surface area contributed by atoms with Gasteiger partial charge < -0.3 is 19.1 Å². The van der Waals surface area contributed by atoms with Gasteiger partial charge in [-0.15, -0.1) is 0 Å². The molecular weight excluding hydrogens is 765 g/mol. The molecule has 58 heavy (non-hydrogen) atoms. The number of carbonyl (C=O) groups excluding carboxylic acids is 4. The number of allylic oxidation sites excluding steroid dienone is 2. The standard InChI is InChI=1S/C43H56N4O10S/c1-3-28-23-43(28,41(52)45-58(53,54)30-18-19-30)24-34(48)33-21-29-25-47(33)39(50)31(26-11-6-7-12-26)22-37(49)57-35-16-9-14-27(35)13-5-4-8-20-46-40(51)38-32(44-42(46)56-29)15-10-17-36(38)55-2/h4,8,10,15,17,26-31,33,35H,3,5-7,9,11-14,16,18-25H2,1-2H3,(H,45,52)/b8-4+/t27-,28-,29-,31+,33+,35-,43-/m1/s1. The molecule has 2 aromatic rings. The molecule has 14 nitrogen and oxygen atoms in total. The van der Waals surface area contributed by atoms with E-state index in [2.05, 4.69) is 4.72 Å². The number of sulfonamides is 1. The number of hydrogen-bond donors (Lipinski definition) is 1. The number of rotatable bonds is 9. The van der Waals surface area contributed by atoms with Gasteiger partial charge in [0.1, 0.15) is 23.3 Å². The van der Waals surface area contributed by atoms with Gasteiger partial charge in [-0.3, -0.25) is 33.3 Å². The Morgan fingerprint density at radius 1 is 0.983 bits per heavy atom. The van der Waals surface area contributed by atoms with Crippen LogP contribution in [0.5, 0.6) is 11.8 Å². The van der Waals surface area contributed by atoms with E-state index in [-0.39, 0.29) is 79.5 Å². The van der Waals surface area contributed by atoms with Crippen molar-refractivity contribution in [2.75, 3.05) is 13.7 Å². The number of carbonyl (C=O) groups is 4. The summed E-state index contributed by atoms with van der Waals surface area (Å²) >= 11 is 0. The molecule has 1 N–H and O–H groups in total. The summed E-state index contributed by atoms with van der Waals surface area (Å²) in [6.07, 6.45) is 12.2. The van der Waals surface area contributed by atoms with Crippen LogP contribution in [0, 0.1) is 29.1 Å². The lowest BCUT2D eigenvalue weighted by Gasteiger charge is -2.31. The number of aromatic nitrogens is 2. The number of hydrogen-bond acceptors (Lipinski definition) is 11. The molecule has 4 aliphatic carbocycles. The highest BCUT2D eigenvalue weighted by molar-refractivity contribution is 7.90. The molecule has 1 saturated heterocycles. The third-order valence-corrected chi connectivity index (χ3v) is 15.7. The summed E-state index contributed by atoms with van der Waals surface area (Å²) in [5, 5.41) is -0.292.